The Kier molecular flexibility index (Phi) is 5.06. The van der Waals surface area contributed by atoms with Gasteiger partial charge in [-0.3, -0.25) is 14.6 Å². The first kappa shape index (κ1) is 21.0. The largest absolute Gasteiger partial charge is 0.386 e. The Balaban J connectivity index is 1.61. The predicted octanol–water partition coefficient (Wildman–Crippen LogP) is 2.99. The molecule has 0 spiro atoms. The van der Waals surface area contributed by atoms with Crippen LogP contribution >= 0.6 is 0 Å². The quantitative estimate of drug-likeness (QED) is 0.497. The summed E-state index contributed by atoms with van der Waals surface area (Å²) in [6.07, 6.45) is 6.92. The lowest BCUT2D eigenvalue weighted by Gasteiger charge is -2.17. The molecule has 0 radical (unpaired) electrons. The van der Waals surface area contributed by atoms with E-state index in [4.69, 9.17) is 0 Å². The van der Waals surface area contributed by atoms with Gasteiger partial charge in [-0.2, -0.15) is 4.57 Å². The molecule has 1 saturated carbocycles. The molecular formula is C26H25N4O3+. The van der Waals surface area contributed by atoms with Gasteiger partial charge in [-0.1, -0.05) is 18.2 Å². The van der Waals surface area contributed by atoms with Crippen molar-refractivity contribution >= 4 is 16.9 Å². The number of aromatic nitrogens is 3. The lowest BCUT2D eigenvalue weighted by Crippen LogP contribution is -2.32. The second-order valence-electron chi connectivity index (χ2n) is 8.96. The molecule has 1 aliphatic carbocycles. The summed E-state index contributed by atoms with van der Waals surface area (Å²) >= 11 is 0. The third-order valence-corrected chi connectivity index (χ3v) is 5.87. The first-order valence-corrected chi connectivity index (χ1v) is 11.0. The molecule has 1 fully saturated rings. The summed E-state index contributed by atoms with van der Waals surface area (Å²) in [6.45, 7) is 3.44. The van der Waals surface area contributed by atoms with Crippen LogP contribution in [0.25, 0.3) is 28.0 Å². The van der Waals surface area contributed by atoms with Gasteiger partial charge in [0.1, 0.15) is 22.8 Å². The highest BCUT2D eigenvalue weighted by atomic mass is 16.3. The minimum Gasteiger partial charge on any atom is -0.386 e. The number of carbonyl (C=O) groups excluding carboxylic acids is 1. The average Bonchev–Trinajstić information content (AvgIpc) is 3.63. The molecule has 0 aliphatic heterocycles. The van der Waals surface area contributed by atoms with Crippen molar-refractivity contribution in [3.63, 3.8) is 0 Å². The summed E-state index contributed by atoms with van der Waals surface area (Å²) in [4.78, 5) is 33.5. The van der Waals surface area contributed by atoms with Gasteiger partial charge in [0.25, 0.3) is 11.6 Å². The van der Waals surface area contributed by atoms with Gasteiger partial charge in [0, 0.05) is 23.4 Å². The Hall–Kier alpha value is -3.84. The summed E-state index contributed by atoms with van der Waals surface area (Å²) in [6, 6.07) is 15.1. The number of hydrogen-bond donors (Lipinski definition) is 2. The minimum atomic E-state index is -0.963. The van der Waals surface area contributed by atoms with Crippen molar-refractivity contribution in [3.05, 3.63) is 88.5 Å². The minimum absolute atomic E-state index is 0.118. The lowest BCUT2D eigenvalue weighted by atomic mass is 9.99. The van der Waals surface area contributed by atoms with Crippen molar-refractivity contribution in [2.75, 3.05) is 0 Å². The second kappa shape index (κ2) is 7.94. The van der Waals surface area contributed by atoms with E-state index in [1.54, 1.807) is 44.6 Å². The monoisotopic (exact) mass is 441 g/mol. The van der Waals surface area contributed by atoms with Crippen LogP contribution in [0.5, 0.6) is 0 Å². The van der Waals surface area contributed by atoms with Crippen molar-refractivity contribution in [1.29, 1.82) is 0 Å². The number of fused-ring (bicyclic) bond motifs is 1. The van der Waals surface area contributed by atoms with Crippen LogP contribution in [0.15, 0.2) is 71.9 Å². The van der Waals surface area contributed by atoms with Crippen LogP contribution in [0.4, 0.5) is 0 Å². The Morgan fingerprint density at radius 3 is 2.70 bits per heavy atom. The SMILES string of the molecule is CC(C)(O)c1ccc(-c2cccc(-n3cc(C(=O)NC4CC4)c(=O)c4ccc[nH+]c43)c2)nc1. The lowest BCUT2D eigenvalue weighted by molar-refractivity contribution is -0.348. The van der Waals surface area contributed by atoms with Crippen LogP contribution in [0, 0.1) is 0 Å². The van der Waals surface area contributed by atoms with Gasteiger partial charge in [0.2, 0.25) is 5.43 Å². The number of nitrogens with one attached hydrogen (secondary N) is 2. The Morgan fingerprint density at radius 1 is 1.18 bits per heavy atom. The van der Waals surface area contributed by atoms with E-state index < -0.39 is 5.60 Å². The zero-order valence-corrected chi connectivity index (χ0v) is 18.5. The maximum atomic E-state index is 13.0. The Bertz CT molecular complexity index is 1410. The number of pyridine rings is 3. The molecule has 33 heavy (non-hydrogen) atoms. The van der Waals surface area contributed by atoms with Crippen LogP contribution in [0.2, 0.25) is 0 Å². The van der Waals surface area contributed by atoms with Crippen molar-refractivity contribution < 1.29 is 14.9 Å². The fourth-order valence-corrected chi connectivity index (χ4v) is 3.81. The summed E-state index contributed by atoms with van der Waals surface area (Å²) in [5.74, 6) is -0.345. The second-order valence-corrected chi connectivity index (χ2v) is 8.96. The molecule has 3 heterocycles. The number of H-pyrrole nitrogens is 1. The molecule has 1 aliphatic rings. The maximum Gasteiger partial charge on any atom is 0.295 e. The predicted molar refractivity (Wildman–Crippen MR) is 125 cm³/mol. The van der Waals surface area contributed by atoms with Crippen molar-refractivity contribution in [2.45, 2.75) is 38.3 Å². The van der Waals surface area contributed by atoms with Gasteiger partial charge < -0.3 is 10.4 Å². The average molecular weight is 442 g/mol. The zero-order valence-electron chi connectivity index (χ0n) is 18.5. The van der Waals surface area contributed by atoms with Crippen LogP contribution in [-0.2, 0) is 5.60 Å². The van der Waals surface area contributed by atoms with Gasteiger partial charge in [0.05, 0.1) is 17.5 Å². The van der Waals surface area contributed by atoms with Crippen LogP contribution in [0.3, 0.4) is 0 Å². The molecule has 7 heteroatoms. The number of hydrogen-bond acceptors (Lipinski definition) is 4. The molecular weight excluding hydrogens is 416 g/mol. The first-order chi connectivity index (χ1) is 15.8. The smallest absolute Gasteiger partial charge is 0.295 e. The van der Waals surface area contributed by atoms with Crippen LogP contribution in [-0.4, -0.2) is 26.6 Å². The van der Waals surface area contributed by atoms with E-state index in [1.807, 2.05) is 41.0 Å². The molecule has 5 rings (SSSR count). The van der Waals surface area contributed by atoms with E-state index in [9.17, 15) is 14.7 Å². The molecule has 0 unspecified atom stereocenters. The Labute approximate surface area is 190 Å². The van der Waals surface area contributed by atoms with E-state index >= 15 is 0 Å². The molecule has 1 aromatic carbocycles. The Morgan fingerprint density at radius 2 is 2.00 bits per heavy atom. The van der Waals surface area contributed by atoms with Crippen molar-refractivity contribution in [1.82, 2.24) is 14.9 Å². The van der Waals surface area contributed by atoms with Gasteiger partial charge in [0.15, 0.2) is 0 Å². The molecule has 0 saturated heterocycles. The van der Waals surface area contributed by atoms with E-state index in [0.717, 1.165) is 35.3 Å². The standard InChI is InChI=1S/C26H24N4O3/c1-26(2,33)17-8-11-22(28-14-17)16-5-3-6-19(13-16)30-15-21(25(32)29-18-9-10-18)23(31)20-7-4-12-27-24(20)30/h3-8,11-15,18,33H,9-10H2,1-2H3,(H,29,32)/p+1. The molecule has 0 atom stereocenters. The zero-order chi connectivity index (χ0) is 23.2. The fourth-order valence-electron chi connectivity index (χ4n) is 3.81. The van der Waals surface area contributed by atoms with Crippen molar-refractivity contribution in [3.8, 4) is 16.9 Å². The maximum absolute atomic E-state index is 13.0. The van der Waals surface area contributed by atoms with E-state index in [-0.39, 0.29) is 22.9 Å². The van der Waals surface area contributed by atoms with Crippen LogP contribution in [0.1, 0.15) is 42.6 Å². The van der Waals surface area contributed by atoms with Gasteiger partial charge in [-0.05, 0) is 57.0 Å². The number of aromatic amines is 1. The normalized spacial score (nSPS) is 13.8. The number of rotatable bonds is 5. The molecule has 1 amide bonds. The van der Waals surface area contributed by atoms with Crippen LogP contribution < -0.4 is 15.7 Å². The first-order valence-electron chi connectivity index (χ1n) is 11.0. The van der Waals surface area contributed by atoms with Crippen molar-refractivity contribution in [2.24, 2.45) is 0 Å². The summed E-state index contributed by atoms with van der Waals surface area (Å²) in [7, 11) is 0. The molecule has 0 bridgehead atoms. The summed E-state index contributed by atoms with van der Waals surface area (Å²) < 4.78 is 1.83. The van der Waals surface area contributed by atoms with E-state index in [0.29, 0.717) is 11.0 Å². The highest BCUT2D eigenvalue weighted by Crippen LogP contribution is 2.25. The number of benzene rings is 1. The summed E-state index contributed by atoms with van der Waals surface area (Å²) in [5.41, 5.74) is 2.61. The summed E-state index contributed by atoms with van der Waals surface area (Å²) in [5, 5.41) is 13.6. The molecule has 4 aromatic rings. The van der Waals surface area contributed by atoms with E-state index in [2.05, 4.69) is 15.3 Å². The molecule has 166 valence electrons. The fraction of sp³-hybridized carbons (Fsp3) is 0.231. The number of nitrogens with zero attached hydrogens (tertiary/aromatic N) is 2. The number of aliphatic hydroxyl groups is 1. The number of amides is 1. The third kappa shape index (κ3) is 4.15. The van der Waals surface area contributed by atoms with Gasteiger partial charge in [-0.15, -0.1) is 0 Å². The third-order valence-electron chi connectivity index (χ3n) is 5.87. The highest BCUT2D eigenvalue weighted by molar-refractivity contribution is 5.97. The van der Waals surface area contributed by atoms with E-state index in [1.165, 1.54) is 0 Å². The molecule has 3 aromatic heterocycles. The molecule has 7 nitrogen and oxygen atoms in total. The topological polar surface area (TPSA) is 98.4 Å². The van der Waals surface area contributed by atoms with Gasteiger partial charge in [-0.25, -0.2) is 4.98 Å². The van der Waals surface area contributed by atoms with Gasteiger partial charge >= 0.3 is 0 Å². The highest BCUT2D eigenvalue weighted by Gasteiger charge is 2.27. The molecule has 3 N–H and O–H groups in total. The number of carbonyl (C=O) groups is 1.